The molecular formula is C17H17N5O. The van der Waals surface area contributed by atoms with Crippen molar-refractivity contribution in [2.75, 3.05) is 5.32 Å². The maximum atomic E-state index is 11.1. The Morgan fingerprint density at radius 1 is 1.17 bits per heavy atom. The van der Waals surface area contributed by atoms with E-state index in [2.05, 4.69) is 20.5 Å². The van der Waals surface area contributed by atoms with E-state index in [1.54, 1.807) is 6.07 Å². The summed E-state index contributed by atoms with van der Waals surface area (Å²) in [6.45, 7) is 5.40. The first-order valence-electron chi connectivity index (χ1n) is 7.27. The van der Waals surface area contributed by atoms with Gasteiger partial charge < -0.3 is 5.32 Å². The molecule has 0 spiro atoms. The van der Waals surface area contributed by atoms with Gasteiger partial charge in [0.15, 0.2) is 5.82 Å². The molecule has 23 heavy (non-hydrogen) atoms. The van der Waals surface area contributed by atoms with E-state index in [1.165, 1.54) is 6.92 Å². The Bertz CT molecular complexity index is 910. The van der Waals surface area contributed by atoms with Crippen LogP contribution in [0.15, 0.2) is 52.8 Å². The third-order valence-corrected chi connectivity index (χ3v) is 3.34. The molecule has 2 aromatic heterocycles. The van der Waals surface area contributed by atoms with Crippen LogP contribution < -0.4 is 5.32 Å². The summed E-state index contributed by atoms with van der Waals surface area (Å²) in [6, 6.07) is 11.2. The standard InChI is InChI=1S/C17H17N5O/c1-11-7-8-16-18-12(2)17(22(16)10-11)21-20-15-6-4-5-14(9-15)19-13(3)23/h4-10H,1-3H3,(H,19,23). The first kappa shape index (κ1) is 14.9. The van der Waals surface area contributed by atoms with Crippen LogP contribution in [0.4, 0.5) is 17.2 Å². The molecule has 2 heterocycles. The highest BCUT2D eigenvalue weighted by Crippen LogP contribution is 2.25. The van der Waals surface area contributed by atoms with Gasteiger partial charge in [-0.25, -0.2) is 4.98 Å². The summed E-state index contributed by atoms with van der Waals surface area (Å²) in [4.78, 5) is 15.6. The Morgan fingerprint density at radius 3 is 2.78 bits per heavy atom. The summed E-state index contributed by atoms with van der Waals surface area (Å²) in [5, 5.41) is 11.3. The van der Waals surface area contributed by atoms with Crippen molar-refractivity contribution in [1.82, 2.24) is 9.38 Å². The van der Waals surface area contributed by atoms with Gasteiger partial charge in [0, 0.05) is 18.8 Å². The minimum absolute atomic E-state index is 0.118. The fraction of sp³-hybridized carbons (Fsp3) is 0.176. The van der Waals surface area contributed by atoms with E-state index >= 15 is 0 Å². The molecule has 116 valence electrons. The smallest absolute Gasteiger partial charge is 0.221 e. The number of fused-ring (bicyclic) bond motifs is 1. The minimum Gasteiger partial charge on any atom is -0.326 e. The van der Waals surface area contributed by atoms with Crippen LogP contribution in [0.2, 0.25) is 0 Å². The highest BCUT2D eigenvalue weighted by Gasteiger charge is 2.07. The van der Waals surface area contributed by atoms with Crippen molar-refractivity contribution in [3.8, 4) is 0 Å². The molecule has 0 unspecified atom stereocenters. The number of nitrogens with one attached hydrogen (secondary N) is 1. The second kappa shape index (κ2) is 6.00. The number of hydrogen-bond donors (Lipinski definition) is 1. The Morgan fingerprint density at radius 2 is 2.00 bits per heavy atom. The Kier molecular flexibility index (Phi) is 3.89. The van der Waals surface area contributed by atoms with Gasteiger partial charge >= 0.3 is 0 Å². The van der Waals surface area contributed by atoms with Crippen molar-refractivity contribution in [2.45, 2.75) is 20.8 Å². The van der Waals surface area contributed by atoms with Crippen LogP contribution in [0.1, 0.15) is 18.2 Å². The minimum atomic E-state index is -0.118. The zero-order valence-electron chi connectivity index (χ0n) is 13.2. The number of azo groups is 1. The van der Waals surface area contributed by atoms with Gasteiger partial charge in [0.2, 0.25) is 5.91 Å². The zero-order chi connectivity index (χ0) is 16.4. The van der Waals surface area contributed by atoms with E-state index in [9.17, 15) is 4.79 Å². The number of nitrogens with zero attached hydrogens (tertiary/aromatic N) is 4. The lowest BCUT2D eigenvalue weighted by Crippen LogP contribution is -2.04. The summed E-state index contributed by atoms with van der Waals surface area (Å²) >= 11 is 0. The zero-order valence-corrected chi connectivity index (χ0v) is 13.2. The molecule has 0 aliphatic heterocycles. The predicted molar refractivity (Wildman–Crippen MR) is 89.6 cm³/mol. The van der Waals surface area contributed by atoms with Gasteiger partial charge in [-0.3, -0.25) is 9.20 Å². The van der Waals surface area contributed by atoms with E-state index in [0.717, 1.165) is 16.9 Å². The van der Waals surface area contributed by atoms with Crippen molar-refractivity contribution >= 4 is 28.7 Å². The van der Waals surface area contributed by atoms with E-state index in [4.69, 9.17) is 0 Å². The Hall–Kier alpha value is -3.02. The Labute approximate surface area is 133 Å². The SMILES string of the molecule is CC(=O)Nc1cccc(N=Nc2c(C)nc3ccc(C)cn23)c1. The van der Waals surface area contributed by atoms with Gasteiger partial charge in [-0.05, 0) is 43.7 Å². The van der Waals surface area contributed by atoms with Crippen molar-refractivity contribution in [3.05, 3.63) is 53.9 Å². The van der Waals surface area contributed by atoms with Crippen molar-refractivity contribution in [2.24, 2.45) is 10.2 Å². The molecule has 6 nitrogen and oxygen atoms in total. The highest BCUT2D eigenvalue weighted by molar-refractivity contribution is 5.89. The fourth-order valence-electron chi connectivity index (χ4n) is 2.33. The summed E-state index contributed by atoms with van der Waals surface area (Å²) in [6.07, 6.45) is 1.98. The van der Waals surface area contributed by atoms with E-state index in [0.29, 0.717) is 17.2 Å². The second-order valence-corrected chi connectivity index (χ2v) is 5.39. The van der Waals surface area contributed by atoms with Gasteiger partial charge in [0.25, 0.3) is 0 Å². The number of anilines is 1. The molecule has 1 amide bonds. The molecular weight excluding hydrogens is 290 g/mol. The summed E-state index contributed by atoms with van der Waals surface area (Å²) in [7, 11) is 0. The normalized spacial score (nSPS) is 11.3. The number of rotatable bonds is 3. The predicted octanol–water partition coefficient (Wildman–Crippen LogP) is 4.32. The number of amides is 1. The fourth-order valence-corrected chi connectivity index (χ4v) is 2.33. The number of carbonyl (C=O) groups excluding carboxylic acids is 1. The van der Waals surface area contributed by atoms with Crippen LogP contribution in [0.5, 0.6) is 0 Å². The molecule has 0 aliphatic rings. The molecule has 0 fully saturated rings. The summed E-state index contributed by atoms with van der Waals surface area (Å²) < 4.78 is 1.92. The second-order valence-electron chi connectivity index (χ2n) is 5.39. The number of pyridine rings is 1. The molecule has 0 bridgehead atoms. The van der Waals surface area contributed by atoms with Gasteiger partial charge in [0.05, 0.1) is 11.4 Å². The largest absolute Gasteiger partial charge is 0.326 e. The van der Waals surface area contributed by atoms with Crippen LogP contribution in [0, 0.1) is 13.8 Å². The van der Waals surface area contributed by atoms with Crippen molar-refractivity contribution in [1.29, 1.82) is 0 Å². The van der Waals surface area contributed by atoms with Gasteiger partial charge in [0.1, 0.15) is 5.65 Å². The maximum absolute atomic E-state index is 11.1. The van der Waals surface area contributed by atoms with Gasteiger partial charge in [-0.15, -0.1) is 10.2 Å². The van der Waals surface area contributed by atoms with Crippen LogP contribution in [0.25, 0.3) is 5.65 Å². The molecule has 6 heteroatoms. The summed E-state index contributed by atoms with van der Waals surface area (Å²) in [5.41, 5.74) is 4.14. The molecule has 3 rings (SSSR count). The average molecular weight is 307 g/mol. The van der Waals surface area contributed by atoms with Crippen LogP contribution in [-0.2, 0) is 4.79 Å². The topological polar surface area (TPSA) is 71.1 Å². The van der Waals surface area contributed by atoms with Crippen LogP contribution in [0.3, 0.4) is 0 Å². The number of benzene rings is 1. The van der Waals surface area contributed by atoms with Gasteiger partial charge in [-0.2, -0.15) is 0 Å². The van der Waals surface area contributed by atoms with E-state index in [1.807, 2.05) is 54.8 Å². The van der Waals surface area contributed by atoms with E-state index < -0.39 is 0 Å². The maximum Gasteiger partial charge on any atom is 0.221 e. The lowest BCUT2D eigenvalue weighted by atomic mass is 10.3. The molecule has 0 radical (unpaired) electrons. The lowest BCUT2D eigenvalue weighted by Gasteiger charge is -2.02. The number of aromatic nitrogens is 2. The molecule has 1 N–H and O–H groups in total. The molecule has 0 saturated carbocycles. The molecule has 0 aliphatic carbocycles. The third-order valence-electron chi connectivity index (χ3n) is 3.34. The highest BCUT2D eigenvalue weighted by atomic mass is 16.1. The molecule has 0 saturated heterocycles. The lowest BCUT2D eigenvalue weighted by molar-refractivity contribution is -0.114. The quantitative estimate of drug-likeness (QED) is 0.732. The van der Waals surface area contributed by atoms with Gasteiger partial charge in [-0.1, -0.05) is 12.1 Å². The number of aryl methyl sites for hydroxylation is 2. The molecule has 0 atom stereocenters. The van der Waals surface area contributed by atoms with Crippen molar-refractivity contribution < 1.29 is 4.79 Å². The first-order chi connectivity index (χ1) is 11.0. The first-order valence-corrected chi connectivity index (χ1v) is 7.27. The summed E-state index contributed by atoms with van der Waals surface area (Å²) in [5.74, 6) is 0.584. The third kappa shape index (κ3) is 3.26. The van der Waals surface area contributed by atoms with Crippen LogP contribution in [-0.4, -0.2) is 15.3 Å². The number of carbonyl (C=O) groups is 1. The monoisotopic (exact) mass is 307 g/mol. The number of hydrogen-bond acceptors (Lipinski definition) is 4. The number of imidazole rings is 1. The Balaban J connectivity index is 1.95. The molecule has 1 aromatic carbocycles. The van der Waals surface area contributed by atoms with E-state index in [-0.39, 0.29) is 5.91 Å². The molecule has 3 aromatic rings. The van der Waals surface area contributed by atoms with Crippen molar-refractivity contribution in [3.63, 3.8) is 0 Å². The van der Waals surface area contributed by atoms with Crippen LogP contribution >= 0.6 is 0 Å². The average Bonchev–Trinajstić information content (AvgIpc) is 2.80.